The Kier molecular flexibility index (Phi) is 4.97. The van der Waals surface area contributed by atoms with Crippen LogP contribution < -0.4 is 16.0 Å². The molecule has 3 amide bonds. The van der Waals surface area contributed by atoms with Crippen LogP contribution in [0, 0.1) is 12.3 Å². The zero-order valence-corrected chi connectivity index (χ0v) is 11.6. The van der Waals surface area contributed by atoms with E-state index in [9.17, 15) is 9.59 Å². The molecule has 2 rings (SSSR count). The molecule has 2 fully saturated rings. The predicted molar refractivity (Wildman–Crippen MR) is 75.8 cm³/mol. The van der Waals surface area contributed by atoms with Crippen LogP contribution in [0.4, 0.5) is 4.79 Å². The lowest BCUT2D eigenvalue weighted by Crippen LogP contribution is -2.36. The minimum Gasteiger partial charge on any atom is -0.345 e. The van der Waals surface area contributed by atoms with E-state index < -0.39 is 0 Å². The zero-order chi connectivity index (χ0) is 13.7. The Morgan fingerprint density at radius 2 is 2.32 bits per heavy atom. The highest BCUT2D eigenvalue weighted by Gasteiger charge is 2.42. The van der Waals surface area contributed by atoms with Crippen LogP contribution in [0.5, 0.6) is 0 Å². The van der Waals surface area contributed by atoms with Crippen molar-refractivity contribution >= 4 is 23.7 Å². The normalized spacial score (nSPS) is 28.2. The van der Waals surface area contributed by atoms with E-state index in [-0.39, 0.29) is 24.0 Å². The number of amides is 3. The molecule has 0 aromatic heterocycles. The third kappa shape index (κ3) is 3.80. The molecule has 2 aliphatic rings. The molecular weight excluding hydrogens is 262 g/mol. The molecule has 19 heavy (non-hydrogen) atoms. The molecule has 0 aromatic rings. The number of fused-ring (bicyclic) bond motifs is 1. The van der Waals surface area contributed by atoms with Gasteiger partial charge in [0.1, 0.15) is 0 Å². The summed E-state index contributed by atoms with van der Waals surface area (Å²) in [6.45, 7) is 0.304. The third-order valence-electron chi connectivity index (χ3n) is 3.47. The van der Waals surface area contributed by atoms with E-state index in [1.165, 1.54) is 0 Å². The van der Waals surface area contributed by atoms with Crippen molar-refractivity contribution in [1.29, 1.82) is 0 Å². The highest BCUT2D eigenvalue weighted by molar-refractivity contribution is 8.00. The minimum absolute atomic E-state index is 0.0192. The van der Waals surface area contributed by atoms with Gasteiger partial charge >= 0.3 is 6.03 Å². The van der Waals surface area contributed by atoms with E-state index in [2.05, 4.69) is 21.9 Å². The summed E-state index contributed by atoms with van der Waals surface area (Å²) in [5, 5.41) is 9.02. The summed E-state index contributed by atoms with van der Waals surface area (Å²) >= 11 is 1.90. The Hall–Kier alpha value is -1.35. The number of unbranched alkanes of at least 4 members (excludes halogenated alkanes) is 1. The van der Waals surface area contributed by atoms with Gasteiger partial charge in [0.15, 0.2) is 0 Å². The summed E-state index contributed by atoms with van der Waals surface area (Å²) in [7, 11) is 0. The number of rotatable bonds is 6. The first-order valence-electron chi connectivity index (χ1n) is 6.59. The molecule has 5 nitrogen and oxygen atoms in total. The number of terminal acetylenes is 1. The molecule has 2 heterocycles. The summed E-state index contributed by atoms with van der Waals surface area (Å²) < 4.78 is 0. The number of carbonyl (C=O) groups is 2. The highest BCUT2D eigenvalue weighted by atomic mass is 32.2. The third-order valence-corrected chi connectivity index (χ3v) is 4.98. The lowest BCUT2D eigenvalue weighted by molar-refractivity contribution is -0.120. The molecule has 0 saturated carbocycles. The summed E-state index contributed by atoms with van der Waals surface area (Å²) in [6, 6.07) is 0.489. The van der Waals surface area contributed by atoms with Gasteiger partial charge in [0.2, 0.25) is 5.91 Å². The molecule has 0 bridgehead atoms. The van der Waals surface area contributed by atoms with E-state index in [1.807, 2.05) is 11.8 Å². The molecule has 0 radical (unpaired) electrons. The molecule has 2 aliphatic heterocycles. The topological polar surface area (TPSA) is 70.2 Å². The van der Waals surface area contributed by atoms with Gasteiger partial charge in [-0.15, -0.1) is 6.42 Å². The lowest BCUT2D eigenvalue weighted by atomic mass is 10.0. The maximum absolute atomic E-state index is 11.3. The number of nitrogens with one attached hydrogen (secondary N) is 3. The zero-order valence-electron chi connectivity index (χ0n) is 10.8. The fraction of sp³-hybridized carbons (Fsp3) is 0.692. The van der Waals surface area contributed by atoms with E-state index >= 15 is 0 Å². The van der Waals surface area contributed by atoms with Gasteiger partial charge in [-0.3, -0.25) is 4.79 Å². The van der Waals surface area contributed by atoms with Crippen molar-refractivity contribution in [2.45, 2.75) is 43.0 Å². The second kappa shape index (κ2) is 6.71. The second-order valence-corrected chi connectivity index (χ2v) is 6.12. The number of hydrogen-bond acceptors (Lipinski definition) is 3. The fourth-order valence-corrected chi connectivity index (χ4v) is 4.06. The van der Waals surface area contributed by atoms with Crippen LogP contribution in [0.15, 0.2) is 0 Å². The van der Waals surface area contributed by atoms with E-state index in [4.69, 9.17) is 6.42 Å². The molecule has 0 unspecified atom stereocenters. The Morgan fingerprint density at radius 3 is 3.11 bits per heavy atom. The average molecular weight is 281 g/mol. The Balaban J connectivity index is 1.60. The lowest BCUT2D eigenvalue weighted by Gasteiger charge is -2.16. The van der Waals surface area contributed by atoms with Crippen molar-refractivity contribution < 1.29 is 9.59 Å². The summed E-state index contributed by atoms with van der Waals surface area (Å²) in [4.78, 5) is 22.6. The monoisotopic (exact) mass is 281 g/mol. The SMILES string of the molecule is C#CCNC(=O)CCCC[C@@H]1SC[C@@H]2NC(=O)N[C@@H]21. The highest BCUT2D eigenvalue weighted by Crippen LogP contribution is 2.33. The van der Waals surface area contributed by atoms with E-state index in [1.54, 1.807) is 0 Å². The Morgan fingerprint density at radius 1 is 1.47 bits per heavy atom. The van der Waals surface area contributed by atoms with Crippen molar-refractivity contribution in [3.63, 3.8) is 0 Å². The number of carbonyl (C=O) groups excluding carboxylic acids is 2. The molecule has 0 aliphatic carbocycles. The fourth-order valence-electron chi connectivity index (χ4n) is 2.51. The van der Waals surface area contributed by atoms with Crippen LogP contribution in [0.2, 0.25) is 0 Å². The maximum Gasteiger partial charge on any atom is 0.315 e. The first kappa shape index (κ1) is 14.1. The number of urea groups is 1. The first-order chi connectivity index (χ1) is 9.20. The van der Waals surface area contributed by atoms with Gasteiger partial charge in [0, 0.05) is 17.4 Å². The summed E-state index contributed by atoms with van der Waals surface area (Å²) in [5.74, 6) is 3.38. The van der Waals surface area contributed by atoms with Crippen molar-refractivity contribution in [3.8, 4) is 12.3 Å². The van der Waals surface area contributed by atoms with Gasteiger partial charge in [-0.25, -0.2) is 4.79 Å². The standard InChI is InChI=1S/C13H19N3O2S/c1-2-7-14-11(17)6-4-3-5-10-12-9(8-19-10)15-13(18)16-12/h1,9-10,12H,3-8H2,(H,14,17)(H2,15,16,18)/t9-,10-,12-/m0/s1. The van der Waals surface area contributed by atoms with Gasteiger partial charge in [0.25, 0.3) is 0 Å². The first-order valence-corrected chi connectivity index (χ1v) is 7.64. The molecule has 3 atom stereocenters. The minimum atomic E-state index is -0.0473. The van der Waals surface area contributed by atoms with Crippen molar-refractivity contribution in [3.05, 3.63) is 0 Å². The van der Waals surface area contributed by atoms with Crippen LogP contribution in [-0.4, -0.2) is 41.6 Å². The van der Waals surface area contributed by atoms with E-state index in [0.717, 1.165) is 25.0 Å². The van der Waals surface area contributed by atoms with Crippen molar-refractivity contribution in [2.75, 3.05) is 12.3 Å². The molecule has 104 valence electrons. The molecule has 3 N–H and O–H groups in total. The summed E-state index contributed by atoms with van der Waals surface area (Å²) in [6.07, 6.45) is 8.50. The van der Waals surface area contributed by atoms with Gasteiger partial charge in [-0.1, -0.05) is 12.3 Å². The van der Waals surface area contributed by atoms with Crippen LogP contribution in [0.1, 0.15) is 25.7 Å². The van der Waals surface area contributed by atoms with Gasteiger partial charge in [-0.05, 0) is 12.8 Å². The van der Waals surface area contributed by atoms with Gasteiger partial charge in [-0.2, -0.15) is 11.8 Å². The Labute approximate surface area is 117 Å². The number of thioether (sulfide) groups is 1. The van der Waals surface area contributed by atoms with E-state index in [0.29, 0.717) is 18.2 Å². The maximum atomic E-state index is 11.3. The van der Waals surface area contributed by atoms with Crippen LogP contribution >= 0.6 is 11.8 Å². The molecule has 0 aromatic carbocycles. The summed E-state index contributed by atoms with van der Waals surface area (Å²) in [5.41, 5.74) is 0. The molecule has 6 heteroatoms. The smallest absolute Gasteiger partial charge is 0.315 e. The number of hydrogen-bond donors (Lipinski definition) is 3. The average Bonchev–Trinajstić information content (AvgIpc) is 2.92. The predicted octanol–water partition coefficient (Wildman–Crippen LogP) is 0.462. The quantitative estimate of drug-likeness (QED) is 0.376. The van der Waals surface area contributed by atoms with Crippen molar-refractivity contribution in [1.82, 2.24) is 16.0 Å². The molecule has 0 spiro atoms. The van der Waals surface area contributed by atoms with Crippen LogP contribution in [0.25, 0.3) is 0 Å². The molecule has 2 saturated heterocycles. The van der Waals surface area contributed by atoms with Gasteiger partial charge < -0.3 is 16.0 Å². The second-order valence-electron chi connectivity index (χ2n) is 4.85. The van der Waals surface area contributed by atoms with Crippen LogP contribution in [0.3, 0.4) is 0 Å². The van der Waals surface area contributed by atoms with Crippen molar-refractivity contribution in [2.24, 2.45) is 0 Å². The molecular formula is C13H19N3O2S. The van der Waals surface area contributed by atoms with Gasteiger partial charge in [0.05, 0.1) is 18.6 Å². The van der Waals surface area contributed by atoms with Crippen LogP contribution in [-0.2, 0) is 4.79 Å². The largest absolute Gasteiger partial charge is 0.345 e. The Bertz CT molecular complexity index is 394.